The summed E-state index contributed by atoms with van der Waals surface area (Å²) >= 11 is 3.31. The number of halogens is 1. The van der Waals surface area contributed by atoms with Gasteiger partial charge in [0.05, 0.1) is 32.9 Å². The molecular formula is C18H20BrO8P. The minimum atomic E-state index is -4.76. The third-order valence-corrected chi connectivity index (χ3v) is 4.90. The summed E-state index contributed by atoms with van der Waals surface area (Å²) < 4.78 is 37.4. The molecule has 10 heteroatoms. The second-order valence-corrected chi connectivity index (χ2v) is 7.33. The molecule has 2 N–H and O–H groups in total. The average molecular weight is 475 g/mol. The van der Waals surface area contributed by atoms with E-state index in [1.165, 1.54) is 28.4 Å². The molecule has 0 bridgehead atoms. The fourth-order valence-electron chi connectivity index (χ4n) is 2.43. The topological polar surface area (TPSA) is 104 Å². The highest BCUT2D eigenvalue weighted by Crippen LogP contribution is 2.47. The van der Waals surface area contributed by atoms with E-state index in [0.29, 0.717) is 27.3 Å². The van der Waals surface area contributed by atoms with Gasteiger partial charge in [0.1, 0.15) is 0 Å². The van der Waals surface area contributed by atoms with Crippen LogP contribution in [0, 0.1) is 0 Å². The first kappa shape index (κ1) is 22.1. The molecule has 152 valence electrons. The fraction of sp³-hybridized carbons (Fsp3) is 0.222. The Hall–Kier alpha value is -2.19. The normalized spacial score (nSPS) is 11.4. The molecular weight excluding hydrogens is 455 g/mol. The molecule has 0 saturated heterocycles. The summed E-state index contributed by atoms with van der Waals surface area (Å²) in [7, 11) is 1.18. The van der Waals surface area contributed by atoms with Gasteiger partial charge in [-0.25, -0.2) is 4.57 Å². The van der Waals surface area contributed by atoms with E-state index in [0.717, 1.165) is 5.56 Å². The molecule has 0 heterocycles. The van der Waals surface area contributed by atoms with E-state index < -0.39 is 7.82 Å². The van der Waals surface area contributed by atoms with Crippen molar-refractivity contribution in [3.63, 3.8) is 0 Å². The first-order valence-corrected chi connectivity index (χ1v) is 10.2. The van der Waals surface area contributed by atoms with E-state index in [-0.39, 0.29) is 11.5 Å². The molecule has 8 nitrogen and oxygen atoms in total. The molecule has 0 saturated carbocycles. The molecule has 2 rings (SSSR count). The standard InChI is InChI=1S/C18H20BrO8P/c1-23-13-8-7-12(16(19)18(13)27-28(20,21)22)6-5-11-9-14(24-2)17(26-4)15(10-11)25-3/h5-10H,1-4H3,(H2,20,21,22)/b6-5-. The minimum absolute atomic E-state index is 0.0946. The smallest absolute Gasteiger partial charge is 0.493 e. The van der Waals surface area contributed by atoms with Crippen molar-refractivity contribution in [2.24, 2.45) is 0 Å². The summed E-state index contributed by atoms with van der Waals surface area (Å²) in [6, 6.07) is 6.79. The molecule has 0 aliphatic rings. The molecule has 28 heavy (non-hydrogen) atoms. The zero-order valence-corrected chi connectivity index (χ0v) is 18.1. The van der Waals surface area contributed by atoms with Crippen molar-refractivity contribution >= 4 is 35.9 Å². The summed E-state index contributed by atoms with van der Waals surface area (Å²) in [6.45, 7) is 0. The van der Waals surface area contributed by atoms with Crippen molar-refractivity contribution in [1.82, 2.24) is 0 Å². The summed E-state index contributed by atoms with van der Waals surface area (Å²) in [6.07, 6.45) is 3.51. The molecule has 0 unspecified atom stereocenters. The third-order valence-electron chi connectivity index (χ3n) is 3.66. The van der Waals surface area contributed by atoms with Crippen LogP contribution in [-0.4, -0.2) is 38.2 Å². The second kappa shape index (κ2) is 9.34. The highest BCUT2D eigenvalue weighted by atomic mass is 79.9. The van der Waals surface area contributed by atoms with Gasteiger partial charge in [-0.2, -0.15) is 0 Å². The van der Waals surface area contributed by atoms with Crippen LogP contribution in [0.15, 0.2) is 28.7 Å². The fourth-order valence-corrected chi connectivity index (χ4v) is 3.52. The molecule has 0 aromatic heterocycles. The first-order chi connectivity index (χ1) is 13.2. The van der Waals surface area contributed by atoms with Crippen LogP contribution in [-0.2, 0) is 4.57 Å². The van der Waals surface area contributed by atoms with E-state index in [9.17, 15) is 4.57 Å². The quantitative estimate of drug-likeness (QED) is 0.434. The Labute approximate surface area is 171 Å². The Kier molecular flexibility index (Phi) is 7.37. The van der Waals surface area contributed by atoms with Gasteiger partial charge in [-0.3, -0.25) is 9.79 Å². The maximum atomic E-state index is 11.3. The number of hydrogen-bond donors (Lipinski definition) is 2. The van der Waals surface area contributed by atoms with Crippen LogP contribution in [0.2, 0.25) is 0 Å². The van der Waals surface area contributed by atoms with Crippen molar-refractivity contribution in [3.05, 3.63) is 39.9 Å². The lowest BCUT2D eigenvalue weighted by Crippen LogP contribution is -1.96. The van der Waals surface area contributed by atoms with Crippen molar-refractivity contribution in [2.75, 3.05) is 28.4 Å². The van der Waals surface area contributed by atoms with Crippen molar-refractivity contribution in [3.8, 4) is 28.7 Å². The summed E-state index contributed by atoms with van der Waals surface area (Å²) in [5, 5.41) is 0. The molecule has 0 atom stereocenters. The van der Waals surface area contributed by atoms with Crippen LogP contribution in [0.3, 0.4) is 0 Å². The lowest BCUT2D eigenvalue weighted by Gasteiger charge is -2.14. The average Bonchev–Trinajstić information content (AvgIpc) is 2.66. The van der Waals surface area contributed by atoms with Gasteiger partial charge in [0, 0.05) is 0 Å². The zero-order valence-electron chi connectivity index (χ0n) is 15.6. The van der Waals surface area contributed by atoms with Crippen LogP contribution < -0.4 is 23.5 Å². The van der Waals surface area contributed by atoms with Crippen LogP contribution in [0.1, 0.15) is 11.1 Å². The zero-order chi connectivity index (χ0) is 20.9. The predicted molar refractivity (Wildman–Crippen MR) is 108 cm³/mol. The molecule has 0 amide bonds. The van der Waals surface area contributed by atoms with Crippen LogP contribution in [0.4, 0.5) is 0 Å². The summed E-state index contributed by atoms with van der Waals surface area (Å²) in [5.74, 6) is 1.56. The molecule has 2 aromatic carbocycles. The lowest BCUT2D eigenvalue weighted by molar-refractivity contribution is 0.276. The highest BCUT2D eigenvalue weighted by molar-refractivity contribution is 9.10. The first-order valence-electron chi connectivity index (χ1n) is 7.83. The number of hydrogen-bond acceptors (Lipinski definition) is 6. The molecule has 0 radical (unpaired) electrons. The number of phosphoric ester groups is 1. The van der Waals surface area contributed by atoms with Gasteiger partial charge >= 0.3 is 7.82 Å². The van der Waals surface area contributed by atoms with Gasteiger partial charge < -0.3 is 23.5 Å². The van der Waals surface area contributed by atoms with E-state index in [2.05, 4.69) is 15.9 Å². The highest BCUT2D eigenvalue weighted by Gasteiger charge is 2.22. The molecule has 0 spiro atoms. The lowest BCUT2D eigenvalue weighted by atomic mass is 10.1. The number of ether oxygens (including phenoxy) is 4. The second-order valence-electron chi connectivity index (χ2n) is 5.37. The Morgan fingerprint density at radius 3 is 1.89 bits per heavy atom. The van der Waals surface area contributed by atoms with Crippen LogP contribution in [0.25, 0.3) is 12.2 Å². The largest absolute Gasteiger partial charge is 0.524 e. The summed E-state index contributed by atoms with van der Waals surface area (Å²) in [4.78, 5) is 18.3. The molecule has 2 aromatic rings. The molecule has 0 aliphatic carbocycles. The van der Waals surface area contributed by atoms with Crippen molar-refractivity contribution in [1.29, 1.82) is 0 Å². The Morgan fingerprint density at radius 1 is 0.857 bits per heavy atom. The predicted octanol–water partition coefficient (Wildman–Crippen LogP) is 4.13. The Morgan fingerprint density at radius 2 is 1.43 bits per heavy atom. The van der Waals surface area contributed by atoms with Crippen LogP contribution in [0.5, 0.6) is 28.7 Å². The molecule has 0 fully saturated rings. The monoisotopic (exact) mass is 474 g/mol. The molecule has 0 aliphatic heterocycles. The number of rotatable bonds is 8. The van der Waals surface area contributed by atoms with E-state index >= 15 is 0 Å². The van der Waals surface area contributed by atoms with E-state index in [1.54, 1.807) is 36.4 Å². The number of phosphoric acid groups is 1. The van der Waals surface area contributed by atoms with Gasteiger partial charge in [-0.1, -0.05) is 12.2 Å². The maximum absolute atomic E-state index is 11.3. The maximum Gasteiger partial charge on any atom is 0.524 e. The Bertz CT molecular complexity index is 897. The van der Waals surface area contributed by atoms with Gasteiger partial charge in [-0.15, -0.1) is 0 Å². The van der Waals surface area contributed by atoms with Gasteiger partial charge in [-0.05, 0) is 51.3 Å². The Balaban J connectivity index is 2.47. The number of methoxy groups -OCH3 is 4. The SMILES string of the molecule is COc1cc(/C=C\c2ccc(OC)c(OP(=O)(O)O)c2Br)cc(OC)c1OC. The minimum Gasteiger partial charge on any atom is -0.493 e. The van der Waals surface area contributed by atoms with Crippen LogP contribution >= 0.6 is 23.8 Å². The third kappa shape index (κ3) is 5.20. The van der Waals surface area contributed by atoms with Gasteiger partial charge in [0.2, 0.25) is 5.75 Å². The van der Waals surface area contributed by atoms with Gasteiger partial charge in [0.25, 0.3) is 0 Å². The van der Waals surface area contributed by atoms with Gasteiger partial charge in [0.15, 0.2) is 23.0 Å². The van der Waals surface area contributed by atoms with Crippen molar-refractivity contribution in [2.45, 2.75) is 0 Å². The number of benzene rings is 2. The summed E-state index contributed by atoms with van der Waals surface area (Å²) in [5.41, 5.74) is 1.37. The van der Waals surface area contributed by atoms with E-state index in [1.807, 2.05) is 0 Å². The van der Waals surface area contributed by atoms with Crippen molar-refractivity contribution < 1.29 is 37.8 Å². The van der Waals surface area contributed by atoms with E-state index in [4.69, 9.17) is 33.3 Å².